The van der Waals surface area contributed by atoms with Gasteiger partial charge in [-0.1, -0.05) is 18.2 Å². The number of nitrogens with zero attached hydrogens (tertiary/aromatic N) is 2. The van der Waals surface area contributed by atoms with Crippen molar-refractivity contribution in [2.24, 2.45) is 0 Å². The lowest BCUT2D eigenvalue weighted by Crippen LogP contribution is -2.29. The van der Waals surface area contributed by atoms with Crippen LogP contribution in [-0.2, 0) is 6.54 Å². The van der Waals surface area contributed by atoms with Crippen LogP contribution < -0.4 is 11.4 Å². The normalized spacial score (nSPS) is 10.9. The Morgan fingerprint density at radius 2 is 1.74 bits per heavy atom. The summed E-state index contributed by atoms with van der Waals surface area (Å²) in [6.45, 7) is 2.24. The predicted molar refractivity (Wildman–Crippen MR) is 106 cm³/mol. The maximum absolute atomic E-state index is 12.6. The van der Waals surface area contributed by atoms with E-state index >= 15 is 0 Å². The number of H-pyrrole nitrogens is 1. The Morgan fingerprint density at radius 1 is 1.04 bits per heavy atom. The minimum Gasteiger partial charge on any atom is -0.246 e. The Bertz CT molecular complexity index is 968. The van der Waals surface area contributed by atoms with E-state index in [2.05, 4.69) is 50.3 Å². The molecule has 0 saturated heterocycles. The maximum atomic E-state index is 12.6. The molecule has 0 saturated carbocycles. The minimum absolute atomic E-state index is 0.251. The van der Waals surface area contributed by atoms with Crippen molar-refractivity contribution in [2.45, 2.75) is 13.5 Å². The van der Waals surface area contributed by atoms with E-state index in [-0.39, 0.29) is 12.2 Å². The minimum atomic E-state index is -0.412. The van der Waals surface area contributed by atoms with Crippen LogP contribution in [0.1, 0.15) is 11.1 Å². The molecule has 3 aromatic rings. The molecular formula is C16H13I2N3O2. The number of aromatic amines is 1. The number of hydrogen-bond acceptors (Lipinski definition) is 2. The maximum Gasteiger partial charge on any atom is 0.352 e. The fraction of sp³-hybridized carbons (Fsp3) is 0.125. The molecule has 0 aliphatic rings. The number of hydrogen-bond donors (Lipinski definition) is 1. The molecule has 0 amide bonds. The van der Waals surface area contributed by atoms with Crippen molar-refractivity contribution in [1.82, 2.24) is 14.3 Å². The van der Waals surface area contributed by atoms with Gasteiger partial charge in [-0.25, -0.2) is 19.3 Å². The summed E-state index contributed by atoms with van der Waals surface area (Å²) in [6, 6.07) is 13.5. The van der Waals surface area contributed by atoms with Crippen LogP contribution in [0.5, 0.6) is 0 Å². The second kappa shape index (κ2) is 6.63. The fourth-order valence-electron chi connectivity index (χ4n) is 2.28. The van der Waals surface area contributed by atoms with E-state index in [0.29, 0.717) is 5.69 Å². The summed E-state index contributed by atoms with van der Waals surface area (Å²) in [5.41, 5.74) is 1.92. The van der Waals surface area contributed by atoms with Gasteiger partial charge in [0.2, 0.25) is 0 Å². The highest BCUT2D eigenvalue weighted by atomic mass is 127. The molecular weight excluding hydrogens is 520 g/mol. The molecule has 0 radical (unpaired) electrons. The highest BCUT2D eigenvalue weighted by Crippen LogP contribution is 2.16. The van der Waals surface area contributed by atoms with Crippen molar-refractivity contribution in [1.29, 1.82) is 0 Å². The summed E-state index contributed by atoms with van der Waals surface area (Å²) in [5.74, 6) is 0. The van der Waals surface area contributed by atoms with E-state index in [1.165, 1.54) is 9.25 Å². The van der Waals surface area contributed by atoms with Crippen LogP contribution in [-0.4, -0.2) is 14.3 Å². The van der Waals surface area contributed by atoms with E-state index < -0.39 is 5.69 Å². The Balaban J connectivity index is 2.04. The van der Waals surface area contributed by atoms with Gasteiger partial charge in [0.1, 0.15) is 0 Å². The van der Waals surface area contributed by atoms with Gasteiger partial charge < -0.3 is 0 Å². The van der Waals surface area contributed by atoms with Gasteiger partial charge >= 0.3 is 11.4 Å². The van der Waals surface area contributed by atoms with Crippen LogP contribution in [0.3, 0.4) is 0 Å². The fourth-order valence-corrected chi connectivity index (χ4v) is 3.55. The van der Waals surface area contributed by atoms with Crippen molar-refractivity contribution in [3.63, 3.8) is 0 Å². The molecule has 3 rings (SSSR count). The van der Waals surface area contributed by atoms with Crippen molar-refractivity contribution in [3.05, 3.63) is 81.7 Å². The number of benzene rings is 2. The van der Waals surface area contributed by atoms with Crippen molar-refractivity contribution in [2.75, 3.05) is 0 Å². The molecule has 118 valence electrons. The first-order chi connectivity index (χ1) is 11.0. The molecule has 1 aromatic heterocycles. The molecule has 0 aliphatic carbocycles. The van der Waals surface area contributed by atoms with Gasteiger partial charge in [0.25, 0.3) is 0 Å². The van der Waals surface area contributed by atoms with Gasteiger partial charge in [-0.15, -0.1) is 0 Å². The summed E-state index contributed by atoms with van der Waals surface area (Å²) < 4.78 is 4.53. The molecule has 5 nitrogen and oxygen atoms in total. The zero-order chi connectivity index (χ0) is 16.6. The lowest BCUT2D eigenvalue weighted by molar-refractivity contribution is 0.722. The van der Waals surface area contributed by atoms with Crippen molar-refractivity contribution in [3.8, 4) is 5.69 Å². The second-order valence-electron chi connectivity index (χ2n) is 5.20. The smallest absolute Gasteiger partial charge is 0.246 e. The number of halogens is 2. The molecule has 0 bridgehead atoms. The summed E-state index contributed by atoms with van der Waals surface area (Å²) in [7, 11) is 0. The van der Waals surface area contributed by atoms with Gasteiger partial charge in [-0.3, -0.25) is 0 Å². The van der Waals surface area contributed by atoms with Crippen LogP contribution in [0.4, 0.5) is 0 Å². The standard InChI is InChI=1S/C16H13I2N3O2/c1-10-2-7-14(13(18)8-10)21-16(23)20(15(22)19-21)9-11-3-5-12(17)6-4-11/h2-8H,9H2,1H3,(H,19,22). The van der Waals surface area contributed by atoms with Crippen LogP contribution in [0, 0.1) is 14.1 Å². The summed E-state index contributed by atoms with van der Waals surface area (Å²) in [6.07, 6.45) is 0. The molecule has 23 heavy (non-hydrogen) atoms. The van der Waals surface area contributed by atoms with Crippen LogP contribution in [0.15, 0.2) is 52.1 Å². The molecule has 7 heteroatoms. The van der Waals surface area contributed by atoms with E-state index in [9.17, 15) is 9.59 Å². The molecule has 1 N–H and O–H groups in total. The summed E-state index contributed by atoms with van der Waals surface area (Å²) in [5, 5.41) is 2.63. The van der Waals surface area contributed by atoms with Crippen molar-refractivity contribution < 1.29 is 0 Å². The third-order valence-electron chi connectivity index (χ3n) is 3.47. The third-order valence-corrected chi connectivity index (χ3v) is 5.06. The number of rotatable bonds is 3. The molecule has 1 heterocycles. The first-order valence-corrected chi connectivity index (χ1v) is 9.04. The first kappa shape index (κ1) is 16.5. The van der Waals surface area contributed by atoms with Gasteiger partial charge in [0.05, 0.1) is 12.2 Å². The van der Waals surface area contributed by atoms with E-state index in [1.54, 1.807) is 0 Å². The summed E-state index contributed by atoms with van der Waals surface area (Å²) in [4.78, 5) is 24.8. The zero-order valence-electron chi connectivity index (χ0n) is 12.2. The van der Waals surface area contributed by atoms with Gasteiger partial charge in [-0.2, -0.15) is 4.68 Å². The quantitative estimate of drug-likeness (QED) is 0.527. The highest BCUT2D eigenvalue weighted by Gasteiger charge is 2.13. The van der Waals surface area contributed by atoms with E-state index in [4.69, 9.17) is 0 Å². The predicted octanol–water partition coefficient (Wildman–Crippen LogP) is 2.89. The Morgan fingerprint density at radius 3 is 2.39 bits per heavy atom. The van der Waals surface area contributed by atoms with Crippen LogP contribution in [0.2, 0.25) is 0 Å². The van der Waals surface area contributed by atoms with E-state index in [0.717, 1.165) is 18.3 Å². The third kappa shape index (κ3) is 3.44. The Kier molecular flexibility index (Phi) is 4.76. The monoisotopic (exact) mass is 533 g/mol. The van der Waals surface area contributed by atoms with Crippen LogP contribution >= 0.6 is 45.2 Å². The topological polar surface area (TPSA) is 59.8 Å². The number of aromatic nitrogens is 3. The largest absolute Gasteiger partial charge is 0.352 e. The zero-order valence-corrected chi connectivity index (χ0v) is 16.5. The van der Waals surface area contributed by atoms with E-state index in [1.807, 2.05) is 49.4 Å². The molecule has 0 aliphatic heterocycles. The Hall–Kier alpha value is -1.36. The lowest BCUT2D eigenvalue weighted by atomic mass is 10.2. The van der Waals surface area contributed by atoms with Gasteiger partial charge in [-0.05, 0) is 87.5 Å². The lowest BCUT2D eigenvalue weighted by Gasteiger charge is -2.05. The van der Waals surface area contributed by atoms with Gasteiger partial charge in [0.15, 0.2) is 0 Å². The SMILES string of the molecule is Cc1ccc(-n2[nH]c(=O)n(Cc3ccc(I)cc3)c2=O)c(I)c1. The summed E-state index contributed by atoms with van der Waals surface area (Å²) >= 11 is 4.38. The molecule has 0 atom stereocenters. The average Bonchev–Trinajstić information content (AvgIpc) is 2.77. The number of aryl methyl sites for hydroxylation is 1. The molecule has 0 fully saturated rings. The molecule has 0 spiro atoms. The highest BCUT2D eigenvalue weighted by molar-refractivity contribution is 14.1. The average molecular weight is 533 g/mol. The van der Waals surface area contributed by atoms with Crippen molar-refractivity contribution >= 4 is 45.2 Å². The molecule has 0 unspecified atom stereocenters. The van der Waals surface area contributed by atoms with Gasteiger partial charge in [0, 0.05) is 7.14 Å². The van der Waals surface area contributed by atoms with Crippen LogP contribution in [0.25, 0.3) is 5.69 Å². The first-order valence-electron chi connectivity index (χ1n) is 6.88. The number of nitrogens with one attached hydrogen (secondary N) is 1. The molecule has 2 aromatic carbocycles. The second-order valence-corrected chi connectivity index (χ2v) is 7.61. The Labute approximate surface area is 159 Å².